The third-order valence-electron chi connectivity index (χ3n) is 15.0. The lowest BCUT2D eigenvalue weighted by molar-refractivity contribution is -0.301. The SMILES string of the molecule is CCCCCC/C=C\CCCCCCCC(=O)OC1C(OCC(COC(=O)CCCCCCCCCCC/C=C\CCCCCCCC)OC(=O)CCCCCCCCCCCCCCCCC)OC(C(=O)O)C(O)C1O. The van der Waals surface area contributed by atoms with Gasteiger partial charge in [0.05, 0.1) is 6.61 Å². The molecule has 0 radical (unpaired) electrons. The van der Waals surface area contributed by atoms with Crippen LogP contribution in [0.2, 0.25) is 0 Å². The van der Waals surface area contributed by atoms with Gasteiger partial charge in [-0.3, -0.25) is 14.4 Å². The molecule has 0 aromatic carbocycles. The second-order valence-electron chi connectivity index (χ2n) is 22.4. The molecular weight excluding hydrogens is 973 g/mol. The summed E-state index contributed by atoms with van der Waals surface area (Å²) in [6.45, 7) is 6.01. The number of esters is 3. The topological polar surface area (TPSA) is 175 Å². The van der Waals surface area contributed by atoms with Crippen LogP contribution in [-0.2, 0) is 42.9 Å². The largest absolute Gasteiger partial charge is 0.479 e. The van der Waals surface area contributed by atoms with Crippen LogP contribution in [0.15, 0.2) is 24.3 Å². The number of aliphatic hydroxyl groups excluding tert-OH is 2. The Hall–Kier alpha value is -2.80. The zero-order chi connectivity index (χ0) is 56.1. The molecular formula is C65H118O12. The maximum Gasteiger partial charge on any atom is 0.335 e. The Morgan fingerprint density at radius 3 is 1.12 bits per heavy atom. The van der Waals surface area contributed by atoms with Gasteiger partial charge in [-0.05, 0) is 70.6 Å². The van der Waals surface area contributed by atoms with Gasteiger partial charge < -0.3 is 39.0 Å². The van der Waals surface area contributed by atoms with E-state index in [9.17, 15) is 34.5 Å². The summed E-state index contributed by atoms with van der Waals surface area (Å²) in [5.41, 5.74) is 0. The number of hydrogen-bond acceptors (Lipinski definition) is 11. The molecule has 0 spiro atoms. The van der Waals surface area contributed by atoms with Gasteiger partial charge in [-0.2, -0.15) is 0 Å². The van der Waals surface area contributed by atoms with Gasteiger partial charge in [-0.25, -0.2) is 4.79 Å². The lowest BCUT2D eigenvalue weighted by Crippen LogP contribution is -2.61. The van der Waals surface area contributed by atoms with E-state index in [1.807, 2.05) is 0 Å². The van der Waals surface area contributed by atoms with Crippen molar-refractivity contribution < 1.29 is 58.2 Å². The molecule has 6 atom stereocenters. The van der Waals surface area contributed by atoms with Crippen LogP contribution in [0.3, 0.4) is 0 Å². The Kier molecular flexibility index (Phi) is 50.5. The summed E-state index contributed by atoms with van der Waals surface area (Å²) < 4.78 is 28.5. The molecule has 6 unspecified atom stereocenters. The summed E-state index contributed by atoms with van der Waals surface area (Å²) in [6.07, 6.45) is 50.0. The monoisotopic (exact) mass is 1090 g/mol. The number of carbonyl (C=O) groups excluding carboxylic acids is 3. The maximum absolute atomic E-state index is 13.2. The van der Waals surface area contributed by atoms with Crippen molar-refractivity contribution in [1.82, 2.24) is 0 Å². The molecule has 0 bridgehead atoms. The smallest absolute Gasteiger partial charge is 0.335 e. The van der Waals surface area contributed by atoms with Crippen molar-refractivity contribution in [3.8, 4) is 0 Å². The molecule has 0 aliphatic carbocycles. The van der Waals surface area contributed by atoms with E-state index in [-0.39, 0.29) is 25.9 Å². The van der Waals surface area contributed by atoms with Crippen LogP contribution in [0.4, 0.5) is 0 Å². The van der Waals surface area contributed by atoms with Crippen molar-refractivity contribution in [2.45, 2.75) is 353 Å². The highest BCUT2D eigenvalue weighted by Crippen LogP contribution is 2.27. The molecule has 3 N–H and O–H groups in total. The minimum absolute atomic E-state index is 0.0548. The minimum Gasteiger partial charge on any atom is -0.479 e. The van der Waals surface area contributed by atoms with Crippen LogP contribution in [0.1, 0.15) is 316 Å². The second kappa shape index (κ2) is 53.8. The molecule has 1 aliphatic heterocycles. The van der Waals surface area contributed by atoms with E-state index in [1.165, 1.54) is 180 Å². The summed E-state index contributed by atoms with van der Waals surface area (Å²) in [4.78, 5) is 51.2. The molecule has 1 aliphatic rings. The first-order valence-electron chi connectivity index (χ1n) is 32.3. The molecule has 0 aromatic rings. The third-order valence-corrected chi connectivity index (χ3v) is 15.0. The van der Waals surface area contributed by atoms with Gasteiger partial charge in [-0.15, -0.1) is 0 Å². The van der Waals surface area contributed by atoms with Gasteiger partial charge in [0.2, 0.25) is 0 Å². The predicted molar refractivity (Wildman–Crippen MR) is 313 cm³/mol. The average molecular weight is 1090 g/mol. The number of carboxylic acid groups (broad SMARTS) is 1. The fraction of sp³-hybridized carbons (Fsp3) is 0.877. The van der Waals surface area contributed by atoms with E-state index in [0.29, 0.717) is 19.3 Å². The first kappa shape index (κ1) is 72.2. The highest BCUT2D eigenvalue weighted by Gasteiger charge is 2.50. The van der Waals surface area contributed by atoms with Crippen LogP contribution < -0.4 is 0 Å². The Morgan fingerprint density at radius 2 is 0.740 bits per heavy atom. The van der Waals surface area contributed by atoms with Crippen molar-refractivity contribution in [2.24, 2.45) is 0 Å². The van der Waals surface area contributed by atoms with Crippen molar-refractivity contribution in [3.63, 3.8) is 0 Å². The zero-order valence-corrected chi connectivity index (χ0v) is 49.7. The summed E-state index contributed by atoms with van der Waals surface area (Å²) >= 11 is 0. The first-order valence-corrected chi connectivity index (χ1v) is 32.3. The molecule has 0 saturated carbocycles. The number of allylic oxidation sites excluding steroid dienone is 4. The molecule has 77 heavy (non-hydrogen) atoms. The molecule has 0 amide bonds. The number of rotatable bonds is 56. The van der Waals surface area contributed by atoms with E-state index < -0.39 is 67.3 Å². The van der Waals surface area contributed by atoms with Crippen molar-refractivity contribution >= 4 is 23.9 Å². The van der Waals surface area contributed by atoms with Gasteiger partial charge >= 0.3 is 23.9 Å². The number of aliphatic carboxylic acids is 1. The zero-order valence-electron chi connectivity index (χ0n) is 49.7. The molecule has 1 fully saturated rings. The summed E-state index contributed by atoms with van der Waals surface area (Å²) in [7, 11) is 0. The van der Waals surface area contributed by atoms with Crippen LogP contribution >= 0.6 is 0 Å². The lowest BCUT2D eigenvalue weighted by Gasteiger charge is -2.40. The predicted octanol–water partition coefficient (Wildman–Crippen LogP) is 17.0. The molecule has 450 valence electrons. The second-order valence-corrected chi connectivity index (χ2v) is 22.4. The van der Waals surface area contributed by atoms with Crippen LogP contribution in [-0.4, -0.2) is 89.2 Å². The Labute approximate surface area is 470 Å². The Balaban J connectivity index is 2.64. The number of carboxylic acids is 1. The van der Waals surface area contributed by atoms with Crippen molar-refractivity contribution in [1.29, 1.82) is 0 Å². The van der Waals surface area contributed by atoms with Crippen LogP contribution in [0.25, 0.3) is 0 Å². The summed E-state index contributed by atoms with van der Waals surface area (Å²) in [5, 5.41) is 31.5. The minimum atomic E-state index is -1.90. The number of hydrogen-bond donors (Lipinski definition) is 3. The molecule has 12 nitrogen and oxygen atoms in total. The quantitative estimate of drug-likeness (QED) is 0.0228. The summed E-state index contributed by atoms with van der Waals surface area (Å²) in [6, 6.07) is 0. The van der Waals surface area contributed by atoms with E-state index >= 15 is 0 Å². The molecule has 1 rings (SSSR count). The number of unbranched alkanes of at least 4 members (excludes halogenated alkanes) is 38. The summed E-state index contributed by atoms with van der Waals surface area (Å²) in [5.74, 6) is -3.10. The molecule has 12 heteroatoms. The lowest BCUT2D eigenvalue weighted by atomic mass is 9.98. The molecule has 0 aromatic heterocycles. The average Bonchev–Trinajstić information content (AvgIpc) is 3.42. The van der Waals surface area contributed by atoms with E-state index in [4.69, 9.17) is 23.7 Å². The fourth-order valence-electron chi connectivity index (χ4n) is 10.0. The number of carbonyl (C=O) groups is 4. The van der Waals surface area contributed by atoms with Crippen LogP contribution in [0.5, 0.6) is 0 Å². The molecule has 1 saturated heterocycles. The Bertz CT molecular complexity index is 1430. The number of ether oxygens (including phenoxy) is 5. The van der Waals surface area contributed by atoms with Gasteiger partial charge in [0.1, 0.15) is 18.8 Å². The molecule has 1 heterocycles. The van der Waals surface area contributed by atoms with Crippen molar-refractivity contribution in [3.05, 3.63) is 24.3 Å². The van der Waals surface area contributed by atoms with Gasteiger partial charge in [0.15, 0.2) is 24.6 Å². The van der Waals surface area contributed by atoms with Gasteiger partial charge in [-0.1, -0.05) is 251 Å². The van der Waals surface area contributed by atoms with Gasteiger partial charge in [0, 0.05) is 19.3 Å². The van der Waals surface area contributed by atoms with E-state index in [1.54, 1.807) is 0 Å². The Morgan fingerprint density at radius 1 is 0.416 bits per heavy atom. The standard InChI is InChI=1S/C65H118O12/c1-4-7-10-13-16-19-22-25-27-28-29-30-32-34-36-39-42-45-48-51-57(66)73-54-56(75-58(67)52-49-46-43-40-38-35-31-26-23-20-17-14-11-8-5-2)55-74-65-63(61(70)60(69)62(77-65)64(71)72)76-59(68)53-50-47-44-41-37-33-24-21-18-15-12-9-6-3/h21,24-25,27,56,60-63,65,69-70H,4-20,22-23,26,28-55H2,1-3H3,(H,71,72)/b24-21-,27-25-. The normalized spacial score (nSPS) is 18.1. The first-order chi connectivity index (χ1) is 37.6. The maximum atomic E-state index is 13.2. The van der Waals surface area contributed by atoms with E-state index in [0.717, 1.165) is 77.0 Å². The van der Waals surface area contributed by atoms with Gasteiger partial charge in [0.25, 0.3) is 0 Å². The number of aliphatic hydroxyl groups is 2. The fourth-order valence-corrected chi connectivity index (χ4v) is 10.0. The highest BCUT2D eigenvalue weighted by atomic mass is 16.7. The highest BCUT2D eigenvalue weighted by molar-refractivity contribution is 5.74. The van der Waals surface area contributed by atoms with Crippen LogP contribution in [0, 0.1) is 0 Å². The van der Waals surface area contributed by atoms with Crippen molar-refractivity contribution in [2.75, 3.05) is 13.2 Å². The van der Waals surface area contributed by atoms with E-state index in [2.05, 4.69) is 45.1 Å². The third kappa shape index (κ3) is 43.7.